The van der Waals surface area contributed by atoms with Crippen molar-refractivity contribution in [2.24, 2.45) is 17.3 Å². The number of rotatable bonds is 3. The zero-order valence-electron chi connectivity index (χ0n) is 15.8. The third kappa shape index (κ3) is 2.36. The van der Waals surface area contributed by atoms with Gasteiger partial charge in [0, 0.05) is 5.69 Å². The fourth-order valence-electron chi connectivity index (χ4n) is 6.48. The van der Waals surface area contributed by atoms with Crippen LogP contribution in [0.5, 0.6) is 0 Å². The minimum absolute atomic E-state index is 0.142. The Balaban J connectivity index is 1.32. The molecule has 1 aromatic carbocycles. The fourth-order valence-corrected chi connectivity index (χ4v) is 7.35. The van der Waals surface area contributed by atoms with Crippen molar-refractivity contribution in [3.05, 3.63) is 29.5 Å². The van der Waals surface area contributed by atoms with E-state index in [0.29, 0.717) is 11.8 Å². The summed E-state index contributed by atoms with van der Waals surface area (Å²) in [6, 6.07) is 6.01. The summed E-state index contributed by atoms with van der Waals surface area (Å²) in [5, 5.41) is 16.8. The second-order valence-electron chi connectivity index (χ2n) is 9.06. The van der Waals surface area contributed by atoms with Crippen LogP contribution in [0.15, 0.2) is 24.5 Å². The highest BCUT2D eigenvalue weighted by molar-refractivity contribution is 7.18. The average molecular weight is 395 g/mol. The number of nitrogens with one attached hydrogen (secondary N) is 1. The van der Waals surface area contributed by atoms with Gasteiger partial charge >= 0.3 is 0 Å². The van der Waals surface area contributed by atoms with E-state index in [2.05, 4.69) is 25.7 Å². The van der Waals surface area contributed by atoms with Crippen LogP contribution in [0.4, 0.5) is 5.69 Å². The van der Waals surface area contributed by atoms with Crippen molar-refractivity contribution in [3.8, 4) is 0 Å². The Morgan fingerprint density at radius 1 is 1.25 bits per heavy atom. The molecule has 3 aromatic rings. The monoisotopic (exact) mass is 394 g/mol. The highest BCUT2D eigenvalue weighted by Gasteiger charge is 2.62. The molecule has 4 fully saturated rings. The van der Waals surface area contributed by atoms with E-state index >= 15 is 0 Å². The SMILES string of the molecule is Cc1nc2ccc(NC(=O)C34C[C@H]5C[C@H](C3)CC(n3ncnn3)(C5)C4)cc2s1. The molecule has 0 unspecified atom stereocenters. The van der Waals surface area contributed by atoms with Gasteiger partial charge in [0.25, 0.3) is 0 Å². The summed E-state index contributed by atoms with van der Waals surface area (Å²) in [6.45, 7) is 2.01. The molecule has 0 spiro atoms. The first-order valence-corrected chi connectivity index (χ1v) is 10.8. The molecule has 4 aliphatic carbocycles. The lowest BCUT2D eigenvalue weighted by atomic mass is 9.46. The Bertz CT molecular complexity index is 1060. The molecule has 144 valence electrons. The van der Waals surface area contributed by atoms with Crippen molar-refractivity contribution in [3.63, 3.8) is 0 Å². The molecule has 2 atom stereocenters. The minimum atomic E-state index is -0.323. The summed E-state index contributed by atoms with van der Waals surface area (Å²) in [5.74, 6) is 1.31. The maximum Gasteiger partial charge on any atom is 0.230 e. The van der Waals surface area contributed by atoms with Crippen LogP contribution in [0, 0.1) is 24.2 Å². The number of aryl methyl sites for hydroxylation is 1. The number of anilines is 1. The predicted octanol–water partition coefficient (Wildman–Crippen LogP) is 3.53. The Labute approximate surface area is 166 Å². The molecule has 2 aromatic heterocycles. The Kier molecular flexibility index (Phi) is 3.31. The van der Waals surface area contributed by atoms with Gasteiger partial charge in [0.15, 0.2) is 6.33 Å². The number of aromatic nitrogens is 5. The van der Waals surface area contributed by atoms with Crippen molar-refractivity contribution in [2.45, 2.75) is 51.0 Å². The predicted molar refractivity (Wildman–Crippen MR) is 106 cm³/mol. The van der Waals surface area contributed by atoms with Crippen molar-refractivity contribution >= 4 is 33.1 Å². The fraction of sp³-hybridized carbons (Fsp3) is 0.550. The van der Waals surface area contributed by atoms with Gasteiger partial charge in [-0.15, -0.1) is 21.5 Å². The van der Waals surface area contributed by atoms with Gasteiger partial charge in [-0.1, -0.05) is 0 Å². The summed E-state index contributed by atoms with van der Waals surface area (Å²) in [7, 11) is 0. The highest BCUT2D eigenvalue weighted by Crippen LogP contribution is 2.64. The largest absolute Gasteiger partial charge is 0.326 e. The summed E-state index contributed by atoms with van der Waals surface area (Å²) >= 11 is 1.66. The summed E-state index contributed by atoms with van der Waals surface area (Å²) in [5.41, 5.74) is 1.39. The third-order valence-electron chi connectivity index (χ3n) is 7.04. The Morgan fingerprint density at radius 2 is 2.07 bits per heavy atom. The van der Waals surface area contributed by atoms with Gasteiger partial charge in [-0.2, -0.15) is 4.80 Å². The molecule has 4 bridgehead atoms. The zero-order chi connectivity index (χ0) is 18.9. The quantitative estimate of drug-likeness (QED) is 0.734. The van der Waals surface area contributed by atoms with Gasteiger partial charge in [0.2, 0.25) is 5.91 Å². The van der Waals surface area contributed by atoms with E-state index in [-0.39, 0.29) is 16.9 Å². The molecule has 4 aliphatic rings. The molecule has 0 saturated heterocycles. The number of nitrogens with zero attached hydrogens (tertiary/aromatic N) is 5. The maximum absolute atomic E-state index is 13.5. The van der Waals surface area contributed by atoms with Gasteiger partial charge in [0.05, 0.1) is 26.2 Å². The number of benzene rings is 1. The van der Waals surface area contributed by atoms with E-state index in [1.807, 2.05) is 25.1 Å². The lowest BCUT2D eigenvalue weighted by Gasteiger charge is -2.60. The molecule has 7 nitrogen and oxygen atoms in total. The first-order chi connectivity index (χ1) is 13.5. The second-order valence-corrected chi connectivity index (χ2v) is 10.3. The van der Waals surface area contributed by atoms with Gasteiger partial charge in [-0.3, -0.25) is 4.79 Å². The van der Waals surface area contributed by atoms with E-state index < -0.39 is 0 Å². The minimum Gasteiger partial charge on any atom is -0.326 e. The Hall–Kier alpha value is -2.35. The average Bonchev–Trinajstić information content (AvgIpc) is 3.29. The molecule has 28 heavy (non-hydrogen) atoms. The summed E-state index contributed by atoms with van der Waals surface area (Å²) in [4.78, 5) is 19.8. The van der Waals surface area contributed by atoms with Crippen LogP contribution in [0.2, 0.25) is 0 Å². The van der Waals surface area contributed by atoms with E-state index in [1.165, 1.54) is 12.7 Å². The van der Waals surface area contributed by atoms with Crippen molar-refractivity contribution in [2.75, 3.05) is 5.32 Å². The van der Waals surface area contributed by atoms with Crippen molar-refractivity contribution < 1.29 is 4.79 Å². The van der Waals surface area contributed by atoms with E-state index in [9.17, 15) is 4.79 Å². The van der Waals surface area contributed by atoms with Crippen LogP contribution in [0.25, 0.3) is 10.2 Å². The van der Waals surface area contributed by atoms with E-state index in [1.54, 1.807) is 16.1 Å². The van der Waals surface area contributed by atoms with Crippen LogP contribution in [0.1, 0.15) is 43.5 Å². The summed E-state index contributed by atoms with van der Waals surface area (Å²) in [6.07, 6.45) is 7.66. The molecule has 4 saturated carbocycles. The van der Waals surface area contributed by atoms with Gasteiger partial charge in [-0.05, 0) is 80.7 Å². The number of tetrazole rings is 1. The highest BCUT2D eigenvalue weighted by atomic mass is 32.1. The van der Waals surface area contributed by atoms with Gasteiger partial charge < -0.3 is 5.32 Å². The number of hydrogen-bond donors (Lipinski definition) is 1. The molecule has 1 amide bonds. The number of hydrogen-bond acceptors (Lipinski definition) is 6. The van der Waals surface area contributed by atoms with Crippen molar-refractivity contribution in [1.82, 2.24) is 25.2 Å². The molecular formula is C20H22N6OS. The molecule has 8 heteroatoms. The first-order valence-electron chi connectivity index (χ1n) is 9.96. The molecule has 7 rings (SSSR count). The molecular weight excluding hydrogens is 372 g/mol. The van der Waals surface area contributed by atoms with Crippen LogP contribution >= 0.6 is 11.3 Å². The normalized spacial score (nSPS) is 33.5. The van der Waals surface area contributed by atoms with Crippen molar-refractivity contribution in [1.29, 1.82) is 0 Å². The zero-order valence-corrected chi connectivity index (χ0v) is 16.6. The lowest BCUT2D eigenvalue weighted by molar-refractivity contribution is -0.152. The van der Waals surface area contributed by atoms with Crippen LogP contribution < -0.4 is 5.32 Å². The van der Waals surface area contributed by atoms with Crippen LogP contribution in [-0.4, -0.2) is 31.1 Å². The molecule has 1 N–H and O–H groups in total. The standard InChI is InChI=1S/C20H22N6OS/c1-12-23-16-3-2-15(5-17(16)28-12)24-18(27)19-6-13-4-14(7-19)9-20(8-13,10-19)26-22-11-21-25-26/h2-3,5,11,13-14H,4,6-10H2,1H3,(H,24,27)/t13-,14-,19?,20?/m1/s1. The third-order valence-corrected chi connectivity index (χ3v) is 7.97. The van der Waals surface area contributed by atoms with Gasteiger partial charge in [-0.25, -0.2) is 4.98 Å². The maximum atomic E-state index is 13.5. The van der Waals surface area contributed by atoms with Crippen LogP contribution in [0.3, 0.4) is 0 Å². The van der Waals surface area contributed by atoms with Gasteiger partial charge in [0.1, 0.15) is 0 Å². The number of carbonyl (C=O) groups excluding carboxylic acids is 1. The molecule has 0 aliphatic heterocycles. The summed E-state index contributed by atoms with van der Waals surface area (Å²) < 4.78 is 1.11. The first kappa shape index (κ1) is 16.6. The Morgan fingerprint density at radius 3 is 2.82 bits per heavy atom. The number of carbonyl (C=O) groups is 1. The number of thiazole rings is 1. The van der Waals surface area contributed by atoms with Crippen LogP contribution in [-0.2, 0) is 10.3 Å². The smallest absolute Gasteiger partial charge is 0.230 e. The molecule has 0 radical (unpaired) electrons. The topological polar surface area (TPSA) is 85.6 Å². The second kappa shape index (κ2) is 5.59. The number of fused-ring (bicyclic) bond motifs is 1. The number of amides is 1. The van der Waals surface area contributed by atoms with E-state index in [0.717, 1.165) is 53.0 Å². The lowest BCUT2D eigenvalue weighted by Crippen LogP contribution is -2.60. The molecule has 2 heterocycles. The van der Waals surface area contributed by atoms with E-state index in [4.69, 9.17) is 0 Å².